The molecule has 0 aliphatic rings. The molecule has 0 heterocycles. The molecular formula is C18H18N2O. The molecule has 0 unspecified atom stereocenters. The topological polar surface area (TPSA) is 44.1 Å². The molecule has 2 aromatic carbocycles. The van der Waals surface area contributed by atoms with E-state index in [1.165, 1.54) is 11.1 Å². The number of anilines is 1. The number of aryl methyl sites for hydroxylation is 2. The van der Waals surface area contributed by atoms with Crippen LogP contribution in [-0.2, 0) is 11.2 Å². The molecule has 21 heavy (non-hydrogen) atoms. The van der Waals surface area contributed by atoms with Gasteiger partial charge in [-0.25, -0.2) is 0 Å². The highest BCUT2D eigenvalue weighted by atomic mass is 16.2. The summed E-state index contributed by atoms with van der Waals surface area (Å²) >= 11 is 0. The second-order valence-corrected chi connectivity index (χ2v) is 5.21. The van der Waals surface area contributed by atoms with Gasteiger partial charge in [-0.3, -0.25) is 4.79 Å². The maximum Gasteiger partial charge on any atom is 0.231 e. The summed E-state index contributed by atoms with van der Waals surface area (Å²) in [6, 6.07) is 15.2. The summed E-state index contributed by atoms with van der Waals surface area (Å²) in [7, 11) is 1.74. The van der Waals surface area contributed by atoms with E-state index in [-0.39, 0.29) is 5.91 Å². The highest BCUT2D eigenvalue weighted by Crippen LogP contribution is 2.17. The lowest BCUT2D eigenvalue weighted by molar-refractivity contribution is -0.117. The zero-order valence-electron chi connectivity index (χ0n) is 12.6. The lowest BCUT2D eigenvalue weighted by Crippen LogP contribution is -2.27. The lowest BCUT2D eigenvalue weighted by Gasteiger charge is -2.18. The van der Waals surface area contributed by atoms with Gasteiger partial charge in [0.05, 0.1) is 18.1 Å². The molecule has 2 aromatic rings. The Kier molecular flexibility index (Phi) is 4.39. The zero-order valence-corrected chi connectivity index (χ0v) is 12.6. The number of hydrogen-bond donors (Lipinski definition) is 0. The molecule has 2 rings (SSSR count). The normalized spacial score (nSPS) is 10.0. The lowest BCUT2D eigenvalue weighted by atomic mass is 10.0. The summed E-state index contributed by atoms with van der Waals surface area (Å²) in [5.74, 6) is 0.00772. The average Bonchev–Trinajstić information content (AvgIpc) is 2.50. The van der Waals surface area contributed by atoms with E-state index in [0.29, 0.717) is 12.0 Å². The molecule has 1 amide bonds. The molecular weight excluding hydrogens is 260 g/mol. The molecule has 106 valence electrons. The quantitative estimate of drug-likeness (QED) is 0.864. The van der Waals surface area contributed by atoms with Gasteiger partial charge in [-0.2, -0.15) is 5.26 Å². The van der Waals surface area contributed by atoms with Crippen molar-refractivity contribution in [1.82, 2.24) is 0 Å². The van der Waals surface area contributed by atoms with E-state index in [2.05, 4.69) is 13.0 Å². The Labute approximate surface area is 125 Å². The number of carbonyl (C=O) groups is 1. The van der Waals surface area contributed by atoms with Gasteiger partial charge in [0.15, 0.2) is 0 Å². The third-order valence-electron chi connectivity index (χ3n) is 3.66. The number of rotatable bonds is 3. The van der Waals surface area contributed by atoms with Crippen molar-refractivity contribution >= 4 is 11.6 Å². The van der Waals surface area contributed by atoms with Crippen LogP contribution < -0.4 is 4.90 Å². The molecule has 0 saturated carbocycles. The van der Waals surface area contributed by atoms with Gasteiger partial charge in [-0.1, -0.05) is 24.3 Å². The van der Waals surface area contributed by atoms with E-state index in [4.69, 9.17) is 5.26 Å². The van der Waals surface area contributed by atoms with Crippen LogP contribution in [-0.4, -0.2) is 13.0 Å². The zero-order chi connectivity index (χ0) is 15.4. The fourth-order valence-electron chi connectivity index (χ4n) is 2.13. The van der Waals surface area contributed by atoms with Crippen molar-refractivity contribution in [3.05, 3.63) is 64.7 Å². The molecule has 0 aromatic heterocycles. The van der Waals surface area contributed by atoms with Crippen LogP contribution in [0.2, 0.25) is 0 Å². The number of amides is 1. The van der Waals surface area contributed by atoms with Gasteiger partial charge in [0.2, 0.25) is 5.91 Å². The molecule has 3 nitrogen and oxygen atoms in total. The molecule has 0 N–H and O–H groups in total. The maximum absolute atomic E-state index is 12.4. The van der Waals surface area contributed by atoms with Crippen molar-refractivity contribution in [2.75, 3.05) is 11.9 Å². The van der Waals surface area contributed by atoms with Crippen LogP contribution in [0, 0.1) is 25.2 Å². The van der Waals surface area contributed by atoms with Crippen molar-refractivity contribution < 1.29 is 4.79 Å². The number of likely N-dealkylation sites (N-methyl/N-ethyl adjacent to an activating group) is 1. The first-order chi connectivity index (χ1) is 10.0. The number of nitrogens with zero attached hydrogens (tertiary/aromatic N) is 2. The summed E-state index contributed by atoms with van der Waals surface area (Å²) in [6.07, 6.45) is 0.356. The third kappa shape index (κ3) is 3.49. The molecule has 0 fully saturated rings. The number of hydrogen-bond acceptors (Lipinski definition) is 2. The van der Waals surface area contributed by atoms with Crippen LogP contribution in [0.25, 0.3) is 0 Å². The predicted molar refractivity (Wildman–Crippen MR) is 84.2 cm³/mol. The maximum atomic E-state index is 12.4. The summed E-state index contributed by atoms with van der Waals surface area (Å²) < 4.78 is 0. The summed E-state index contributed by atoms with van der Waals surface area (Å²) in [5, 5.41) is 8.92. The molecule has 0 aliphatic carbocycles. The van der Waals surface area contributed by atoms with E-state index < -0.39 is 0 Å². The summed E-state index contributed by atoms with van der Waals surface area (Å²) in [6.45, 7) is 4.10. The van der Waals surface area contributed by atoms with Crippen molar-refractivity contribution in [3.63, 3.8) is 0 Å². The standard InChI is InChI=1S/C18H18N2O/c1-13-7-8-15(9-14(13)2)11-18(21)20(3)17-6-4-5-16(10-17)12-19/h4-10H,11H2,1-3H3. The fraction of sp³-hybridized carbons (Fsp3) is 0.222. The molecule has 0 atom stereocenters. The van der Waals surface area contributed by atoms with Crippen LogP contribution in [0.4, 0.5) is 5.69 Å². The average molecular weight is 278 g/mol. The van der Waals surface area contributed by atoms with E-state index in [0.717, 1.165) is 11.3 Å². The van der Waals surface area contributed by atoms with Gasteiger partial charge in [-0.05, 0) is 48.7 Å². The van der Waals surface area contributed by atoms with Gasteiger partial charge in [-0.15, -0.1) is 0 Å². The van der Waals surface area contributed by atoms with E-state index in [1.807, 2.05) is 31.2 Å². The molecule has 3 heteroatoms. The summed E-state index contributed by atoms with van der Waals surface area (Å²) in [4.78, 5) is 13.9. The minimum Gasteiger partial charge on any atom is -0.315 e. The number of nitriles is 1. The first-order valence-corrected chi connectivity index (χ1v) is 6.84. The molecule has 0 spiro atoms. The Bertz CT molecular complexity index is 713. The van der Waals surface area contributed by atoms with Crippen molar-refractivity contribution in [2.45, 2.75) is 20.3 Å². The monoisotopic (exact) mass is 278 g/mol. The second-order valence-electron chi connectivity index (χ2n) is 5.21. The van der Waals surface area contributed by atoms with Crippen LogP contribution >= 0.6 is 0 Å². The highest BCUT2D eigenvalue weighted by Gasteiger charge is 2.12. The van der Waals surface area contributed by atoms with Gasteiger partial charge in [0.1, 0.15) is 0 Å². The second kappa shape index (κ2) is 6.23. The van der Waals surface area contributed by atoms with E-state index in [1.54, 1.807) is 30.1 Å². The Balaban J connectivity index is 2.15. The van der Waals surface area contributed by atoms with E-state index >= 15 is 0 Å². The first kappa shape index (κ1) is 14.8. The Morgan fingerprint density at radius 2 is 1.90 bits per heavy atom. The van der Waals surface area contributed by atoms with Crippen molar-refractivity contribution in [1.29, 1.82) is 5.26 Å². The molecule has 0 bridgehead atoms. The van der Waals surface area contributed by atoms with Crippen molar-refractivity contribution in [2.24, 2.45) is 0 Å². The van der Waals surface area contributed by atoms with Gasteiger partial charge < -0.3 is 4.90 Å². The fourth-order valence-corrected chi connectivity index (χ4v) is 2.13. The minimum absolute atomic E-state index is 0.00772. The van der Waals surface area contributed by atoms with Crippen LogP contribution in [0.1, 0.15) is 22.3 Å². The Morgan fingerprint density at radius 1 is 1.14 bits per heavy atom. The van der Waals surface area contributed by atoms with Gasteiger partial charge in [0.25, 0.3) is 0 Å². The predicted octanol–water partition coefficient (Wildman–Crippen LogP) is 3.38. The largest absolute Gasteiger partial charge is 0.315 e. The SMILES string of the molecule is Cc1ccc(CC(=O)N(C)c2cccc(C#N)c2)cc1C. The smallest absolute Gasteiger partial charge is 0.231 e. The number of benzene rings is 2. The van der Waals surface area contributed by atoms with Gasteiger partial charge >= 0.3 is 0 Å². The molecule has 0 aliphatic heterocycles. The van der Waals surface area contributed by atoms with Crippen LogP contribution in [0.3, 0.4) is 0 Å². The van der Waals surface area contributed by atoms with Crippen LogP contribution in [0.5, 0.6) is 0 Å². The highest BCUT2D eigenvalue weighted by molar-refractivity contribution is 5.94. The minimum atomic E-state index is 0.00772. The van der Waals surface area contributed by atoms with Crippen LogP contribution in [0.15, 0.2) is 42.5 Å². The molecule has 0 saturated heterocycles. The Hall–Kier alpha value is -2.60. The van der Waals surface area contributed by atoms with E-state index in [9.17, 15) is 4.79 Å². The number of carbonyl (C=O) groups excluding carboxylic acids is 1. The first-order valence-electron chi connectivity index (χ1n) is 6.84. The van der Waals surface area contributed by atoms with Crippen molar-refractivity contribution in [3.8, 4) is 6.07 Å². The Morgan fingerprint density at radius 3 is 2.57 bits per heavy atom. The third-order valence-corrected chi connectivity index (χ3v) is 3.66. The van der Waals surface area contributed by atoms with Gasteiger partial charge in [0, 0.05) is 12.7 Å². The molecule has 0 radical (unpaired) electrons. The summed E-state index contributed by atoms with van der Waals surface area (Å²) in [5.41, 5.74) is 4.71.